The first-order chi connectivity index (χ1) is 8.94. The van der Waals surface area contributed by atoms with E-state index < -0.39 is 23.8 Å². The third-order valence-corrected chi connectivity index (χ3v) is 3.37. The highest BCUT2D eigenvalue weighted by molar-refractivity contribution is 5.98. The lowest BCUT2D eigenvalue weighted by molar-refractivity contribution is -0.148. The number of aliphatic carboxylic acids is 1. The first kappa shape index (κ1) is 13.5. The van der Waals surface area contributed by atoms with Crippen molar-refractivity contribution >= 4 is 11.9 Å². The SMILES string of the molecule is O=C(NC1(C(=O)O)CCC1)c1cccc(C(F)F)c1. The molecule has 0 bridgehead atoms. The molecule has 0 aliphatic heterocycles. The van der Waals surface area contributed by atoms with E-state index in [-0.39, 0.29) is 11.1 Å². The van der Waals surface area contributed by atoms with Crippen molar-refractivity contribution in [2.24, 2.45) is 0 Å². The van der Waals surface area contributed by atoms with E-state index in [0.717, 1.165) is 12.5 Å². The van der Waals surface area contributed by atoms with Crippen LogP contribution in [0.15, 0.2) is 24.3 Å². The predicted octanol–water partition coefficient (Wildman–Crippen LogP) is 2.36. The van der Waals surface area contributed by atoms with Gasteiger partial charge in [-0.05, 0) is 31.4 Å². The van der Waals surface area contributed by atoms with Gasteiger partial charge in [-0.25, -0.2) is 13.6 Å². The Balaban J connectivity index is 2.16. The molecule has 1 amide bonds. The molecule has 2 N–H and O–H groups in total. The number of benzene rings is 1. The van der Waals surface area contributed by atoms with Crippen LogP contribution in [0, 0.1) is 0 Å². The molecule has 0 heterocycles. The van der Waals surface area contributed by atoms with Crippen molar-refractivity contribution in [3.05, 3.63) is 35.4 Å². The molecule has 1 aromatic carbocycles. The van der Waals surface area contributed by atoms with Crippen molar-refractivity contribution in [2.45, 2.75) is 31.2 Å². The number of carbonyl (C=O) groups is 2. The Labute approximate surface area is 108 Å². The Morgan fingerprint density at radius 2 is 2.00 bits per heavy atom. The molecule has 102 valence electrons. The number of carboxylic acid groups (broad SMARTS) is 1. The van der Waals surface area contributed by atoms with Gasteiger partial charge in [-0.3, -0.25) is 4.79 Å². The van der Waals surface area contributed by atoms with Crippen LogP contribution >= 0.6 is 0 Å². The number of carboxylic acids is 1. The molecule has 1 aliphatic rings. The van der Waals surface area contributed by atoms with Crippen LogP contribution in [0.25, 0.3) is 0 Å². The highest BCUT2D eigenvalue weighted by Crippen LogP contribution is 2.32. The summed E-state index contributed by atoms with van der Waals surface area (Å²) >= 11 is 0. The second-order valence-corrected chi connectivity index (χ2v) is 4.62. The molecule has 1 saturated carbocycles. The Kier molecular flexibility index (Phi) is 3.50. The summed E-state index contributed by atoms with van der Waals surface area (Å²) in [5, 5.41) is 11.5. The molecule has 0 saturated heterocycles. The van der Waals surface area contributed by atoms with E-state index in [1.54, 1.807) is 0 Å². The van der Waals surface area contributed by atoms with E-state index in [1.165, 1.54) is 18.2 Å². The number of alkyl halides is 2. The highest BCUT2D eigenvalue weighted by Gasteiger charge is 2.45. The number of nitrogens with one attached hydrogen (secondary N) is 1. The minimum absolute atomic E-state index is 0.0466. The van der Waals surface area contributed by atoms with Gasteiger partial charge in [0.1, 0.15) is 5.54 Å². The molecule has 0 aromatic heterocycles. The molecule has 2 rings (SSSR count). The summed E-state index contributed by atoms with van der Waals surface area (Å²) in [6, 6.07) is 5.03. The van der Waals surface area contributed by atoms with E-state index in [4.69, 9.17) is 5.11 Å². The van der Waals surface area contributed by atoms with Gasteiger partial charge in [0.05, 0.1) is 0 Å². The molecule has 6 heteroatoms. The quantitative estimate of drug-likeness (QED) is 0.881. The average molecular weight is 269 g/mol. The van der Waals surface area contributed by atoms with E-state index in [2.05, 4.69) is 5.32 Å². The zero-order valence-electron chi connectivity index (χ0n) is 10.0. The normalized spacial score (nSPS) is 16.8. The Hall–Kier alpha value is -1.98. The molecular formula is C13H13F2NO3. The molecule has 4 nitrogen and oxygen atoms in total. The lowest BCUT2D eigenvalue weighted by atomic mass is 9.76. The maximum atomic E-state index is 12.5. The first-order valence-corrected chi connectivity index (χ1v) is 5.89. The lowest BCUT2D eigenvalue weighted by Crippen LogP contribution is -2.59. The van der Waals surface area contributed by atoms with Crippen LogP contribution in [0.5, 0.6) is 0 Å². The largest absolute Gasteiger partial charge is 0.480 e. The summed E-state index contributed by atoms with van der Waals surface area (Å²) in [7, 11) is 0. The average Bonchev–Trinajstić information content (AvgIpc) is 2.33. The standard InChI is InChI=1S/C13H13F2NO3/c14-10(15)8-3-1-4-9(7-8)11(17)16-13(12(18)19)5-2-6-13/h1,3-4,7,10H,2,5-6H2,(H,16,17)(H,18,19). The summed E-state index contributed by atoms with van der Waals surface area (Å²) in [5.41, 5.74) is -1.45. The minimum Gasteiger partial charge on any atom is -0.480 e. The van der Waals surface area contributed by atoms with Gasteiger partial charge in [0.15, 0.2) is 0 Å². The number of carbonyl (C=O) groups excluding carboxylic acids is 1. The minimum atomic E-state index is -2.66. The van der Waals surface area contributed by atoms with Gasteiger partial charge in [0.25, 0.3) is 12.3 Å². The molecule has 0 unspecified atom stereocenters. The van der Waals surface area contributed by atoms with Gasteiger partial charge in [-0.2, -0.15) is 0 Å². The summed E-state index contributed by atoms with van der Waals surface area (Å²) < 4.78 is 25.1. The van der Waals surface area contributed by atoms with Crippen molar-refractivity contribution in [2.75, 3.05) is 0 Å². The third kappa shape index (κ3) is 2.57. The van der Waals surface area contributed by atoms with Gasteiger partial charge < -0.3 is 10.4 Å². The van der Waals surface area contributed by atoms with Gasteiger partial charge in [-0.15, -0.1) is 0 Å². The number of rotatable bonds is 4. The second kappa shape index (κ2) is 4.95. The van der Waals surface area contributed by atoms with Crippen LogP contribution in [0.4, 0.5) is 8.78 Å². The molecule has 19 heavy (non-hydrogen) atoms. The van der Waals surface area contributed by atoms with E-state index >= 15 is 0 Å². The summed E-state index contributed by atoms with van der Waals surface area (Å²) in [4.78, 5) is 23.0. The summed E-state index contributed by atoms with van der Waals surface area (Å²) in [6.45, 7) is 0. The van der Waals surface area contributed by atoms with Crippen molar-refractivity contribution in [3.63, 3.8) is 0 Å². The molecule has 1 aliphatic carbocycles. The van der Waals surface area contributed by atoms with Crippen LogP contribution in [0.1, 0.15) is 41.6 Å². The van der Waals surface area contributed by atoms with Crippen LogP contribution in [-0.4, -0.2) is 22.5 Å². The van der Waals surface area contributed by atoms with Gasteiger partial charge >= 0.3 is 5.97 Å². The number of halogens is 2. The van der Waals surface area contributed by atoms with Crippen LogP contribution < -0.4 is 5.32 Å². The molecular weight excluding hydrogens is 256 g/mol. The van der Waals surface area contributed by atoms with E-state index in [0.29, 0.717) is 12.8 Å². The number of amides is 1. The smallest absolute Gasteiger partial charge is 0.329 e. The van der Waals surface area contributed by atoms with Gasteiger partial charge in [-0.1, -0.05) is 12.1 Å². The number of hydrogen-bond donors (Lipinski definition) is 2. The van der Waals surface area contributed by atoms with Crippen molar-refractivity contribution in [1.82, 2.24) is 5.32 Å². The highest BCUT2D eigenvalue weighted by atomic mass is 19.3. The zero-order chi connectivity index (χ0) is 14.0. The first-order valence-electron chi connectivity index (χ1n) is 5.89. The molecule has 0 radical (unpaired) electrons. The monoisotopic (exact) mass is 269 g/mol. The number of hydrogen-bond acceptors (Lipinski definition) is 2. The fraction of sp³-hybridized carbons (Fsp3) is 0.385. The molecule has 0 spiro atoms. The lowest BCUT2D eigenvalue weighted by Gasteiger charge is -2.38. The maximum Gasteiger partial charge on any atom is 0.329 e. The third-order valence-electron chi connectivity index (χ3n) is 3.37. The molecule has 0 atom stereocenters. The van der Waals surface area contributed by atoms with E-state index in [1.807, 2.05) is 0 Å². The second-order valence-electron chi connectivity index (χ2n) is 4.62. The summed E-state index contributed by atoms with van der Waals surface area (Å²) in [5.74, 6) is -1.72. The zero-order valence-corrected chi connectivity index (χ0v) is 10.0. The fourth-order valence-electron chi connectivity index (χ4n) is 2.03. The van der Waals surface area contributed by atoms with Crippen molar-refractivity contribution < 1.29 is 23.5 Å². The Morgan fingerprint density at radius 3 is 2.47 bits per heavy atom. The van der Waals surface area contributed by atoms with Crippen LogP contribution in [0.2, 0.25) is 0 Å². The van der Waals surface area contributed by atoms with E-state index in [9.17, 15) is 18.4 Å². The van der Waals surface area contributed by atoms with Crippen LogP contribution in [-0.2, 0) is 4.79 Å². The Morgan fingerprint density at radius 1 is 1.32 bits per heavy atom. The predicted molar refractivity (Wildman–Crippen MR) is 63.1 cm³/mol. The van der Waals surface area contributed by atoms with Gasteiger partial charge in [0.2, 0.25) is 0 Å². The Bertz CT molecular complexity index is 512. The molecule has 1 aromatic rings. The summed E-state index contributed by atoms with van der Waals surface area (Å²) in [6.07, 6.45) is -1.21. The molecule has 1 fully saturated rings. The fourth-order valence-corrected chi connectivity index (χ4v) is 2.03. The topological polar surface area (TPSA) is 66.4 Å². The maximum absolute atomic E-state index is 12.5. The van der Waals surface area contributed by atoms with Crippen LogP contribution in [0.3, 0.4) is 0 Å². The van der Waals surface area contributed by atoms with Crippen molar-refractivity contribution in [3.8, 4) is 0 Å². The van der Waals surface area contributed by atoms with Crippen molar-refractivity contribution in [1.29, 1.82) is 0 Å². The van der Waals surface area contributed by atoms with Gasteiger partial charge in [0, 0.05) is 11.1 Å².